The van der Waals surface area contributed by atoms with E-state index in [4.69, 9.17) is 46.4 Å². The van der Waals surface area contributed by atoms with Crippen LogP contribution in [-0.2, 0) is 0 Å². The SMILES string of the molecule is O=[N+]([O-])c1cc(Cl)c(Cl)cc1-c1ccc(Cl)c(Cl)c1. The van der Waals surface area contributed by atoms with E-state index in [2.05, 4.69) is 0 Å². The lowest BCUT2D eigenvalue weighted by atomic mass is 10.0. The smallest absolute Gasteiger partial charge is 0.258 e. The second-order valence-electron chi connectivity index (χ2n) is 3.67. The van der Waals surface area contributed by atoms with Gasteiger partial charge in [-0.05, 0) is 23.8 Å². The van der Waals surface area contributed by atoms with Gasteiger partial charge < -0.3 is 0 Å². The van der Waals surface area contributed by atoms with Gasteiger partial charge in [0.1, 0.15) is 0 Å². The molecular formula is C12H5Cl4NO2. The summed E-state index contributed by atoms with van der Waals surface area (Å²) in [6, 6.07) is 7.37. The lowest BCUT2D eigenvalue weighted by molar-refractivity contribution is -0.384. The molecule has 0 aromatic heterocycles. The Bertz CT molecular complexity index is 673. The zero-order valence-electron chi connectivity index (χ0n) is 9.16. The van der Waals surface area contributed by atoms with Crippen LogP contribution < -0.4 is 0 Å². The Morgan fingerprint density at radius 2 is 1.42 bits per heavy atom. The molecule has 0 unspecified atom stereocenters. The van der Waals surface area contributed by atoms with E-state index in [-0.39, 0.29) is 15.7 Å². The minimum Gasteiger partial charge on any atom is -0.258 e. The van der Waals surface area contributed by atoms with E-state index in [0.29, 0.717) is 21.2 Å². The zero-order chi connectivity index (χ0) is 14.2. The molecule has 7 heteroatoms. The third-order valence-electron chi connectivity index (χ3n) is 2.47. The van der Waals surface area contributed by atoms with Crippen molar-refractivity contribution in [2.75, 3.05) is 0 Å². The standard InChI is InChI=1S/C12H5Cl4NO2/c13-8-2-1-6(3-9(8)14)7-4-10(15)11(16)5-12(7)17(18)19/h1-5H. The van der Waals surface area contributed by atoms with Crippen molar-refractivity contribution in [3.05, 3.63) is 60.5 Å². The van der Waals surface area contributed by atoms with Gasteiger partial charge in [0.15, 0.2) is 0 Å². The lowest BCUT2D eigenvalue weighted by Gasteiger charge is -2.06. The summed E-state index contributed by atoms with van der Waals surface area (Å²) in [7, 11) is 0. The van der Waals surface area contributed by atoms with E-state index in [1.165, 1.54) is 18.2 Å². The Hall–Kier alpha value is -1.00. The van der Waals surface area contributed by atoms with E-state index >= 15 is 0 Å². The Labute approximate surface area is 128 Å². The van der Waals surface area contributed by atoms with Gasteiger partial charge >= 0.3 is 0 Å². The molecule has 0 radical (unpaired) electrons. The Balaban J connectivity index is 2.69. The summed E-state index contributed by atoms with van der Waals surface area (Å²) in [5, 5.41) is 12.1. The minimum absolute atomic E-state index is 0.122. The highest BCUT2D eigenvalue weighted by Gasteiger charge is 2.19. The first-order valence-electron chi connectivity index (χ1n) is 4.99. The number of hydrogen-bond acceptors (Lipinski definition) is 2. The van der Waals surface area contributed by atoms with E-state index < -0.39 is 4.92 Å². The topological polar surface area (TPSA) is 43.1 Å². The van der Waals surface area contributed by atoms with Crippen LogP contribution in [0.25, 0.3) is 11.1 Å². The monoisotopic (exact) mass is 335 g/mol. The fourth-order valence-corrected chi connectivity index (χ4v) is 2.20. The van der Waals surface area contributed by atoms with Gasteiger partial charge in [-0.1, -0.05) is 52.5 Å². The molecule has 2 rings (SSSR count). The molecule has 0 aliphatic carbocycles. The highest BCUT2D eigenvalue weighted by atomic mass is 35.5. The maximum atomic E-state index is 11.1. The molecule has 0 saturated heterocycles. The molecule has 3 nitrogen and oxygen atoms in total. The first kappa shape index (κ1) is 14.4. The fraction of sp³-hybridized carbons (Fsp3) is 0. The fourth-order valence-electron chi connectivity index (χ4n) is 1.58. The Morgan fingerprint density at radius 3 is 2.00 bits per heavy atom. The number of halogens is 4. The third kappa shape index (κ3) is 2.95. The maximum Gasteiger partial charge on any atom is 0.278 e. The molecule has 2 aromatic carbocycles. The summed E-state index contributed by atoms with van der Waals surface area (Å²) in [5.74, 6) is 0. The molecule has 0 atom stereocenters. The zero-order valence-corrected chi connectivity index (χ0v) is 12.2. The van der Waals surface area contributed by atoms with Crippen molar-refractivity contribution in [1.82, 2.24) is 0 Å². The molecule has 0 aliphatic rings. The Kier molecular flexibility index (Phi) is 4.21. The van der Waals surface area contributed by atoms with Crippen molar-refractivity contribution in [2.45, 2.75) is 0 Å². The van der Waals surface area contributed by atoms with Crippen molar-refractivity contribution in [1.29, 1.82) is 0 Å². The van der Waals surface area contributed by atoms with E-state index in [1.807, 2.05) is 0 Å². The highest BCUT2D eigenvalue weighted by Crippen LogP contribution is 2.38. The quantitative estimate of drug-likeness (QED) is 0.508. The van der Waals surface area contributed by atoms with Crippen molar-refractivity contribution in [3.8, 4) is 11.1 Å². The van der Waals surface area contributed by atoms with Crippen LogP contribution in [0.2, 0.25) is 20.1 Å². The summed E-state index contributed by atoms with van der Waals surface area (Å²) in [6.07, 6.45) is 0. The first-order chi connectivity index (χ1) is 8.90. The van der Waals surface area contributed by atoms with Crippen molar-refractivity contribution in [3.63, 3.8) is 0 Å². The van der Waals surface area contributed by atoms with Crippen LogP contribution in [0.3, 0.4) is 0 Å². The van der Waals surface area contributed by atoms with Crippen molar-refractivity contribution in [2.24, 2.45) is 0 Å². The largest absolute Gasteiger partial charge is 0.278 e. The second-order valence-corrected chi connectivity index (χ2v) is 5.30. The number of nitro benzene ring substituents is 1. The maximum absolute atomic E-state index is 11.1. The van der Waals surface area contributed by atoms with Crippen LogP contribution in [0.15, 0.2) is 30.3 Å². The van der Waals surface area contributed by atoms with E-state index in [1.54, 1.807) is 12.1 Å². The van der Waals surface area contributed by atoms with Crippen LogP contribution in [-0.4, -0.2) is 4.92 Å². The Morgan fingerprint density at radius 1 is 0.842 bits per heavy atom. The normalized spacial score (nSPS) is 10.5. The van der Waals surface area contributed by atoms with Crippen LogP contribution in [0.1, 0.15) is 0 Å². The third-order valence-corrected chi connectivity index (χ3v) is 3.93. The van der Waals surface area contributed by atoms with Crippen LogP contribution in [0, 0.1) is 10.1 Å². The molecule has 0 bridgehead atoms. The molecule has 2 aromatic rings. The van der Waals surface area contributed by atoms with Gasteiger partial charge in [-0.2, -0.15) is 0 Å². The number of rotatable bonds is 2. The average Bonchev–Trinajstić information content (AvgIpc) is 2.35. The number of benzene rings is 2. The molecule has 0 N–H and O–H groups in total. The second kappa shape index (κ2) is 5.55. The summed E-state index contributed by atoms with van der Waals surface area (Å²) >= 11 is 23.4. The van der Waals surface area contributed by atoms with E-state index in [9.17, 15) is 10.1 Å². The summed E-state index contributed by atoms with van der Waals surface area (Å²) in [5.41, 5.74) is 0.727. The first-order valence-corrected chi connectivity index (χ1v) is 6.50. The molecule has 0 heterocycles. The summed E-state index contributed by atoms with van der Waals surface area (Å²) in [4.78, 5) is 10.5. The lowest BCUT2D eigenvalue weighted by Crippen LogP contribution is -1.92. The van der Waals surface area contributed by atoms with Crippen molar-refractivity contribution >= 4 is 52.1 Å². The molecule has 19 heavy (non-hydrogen) atoms. The van der Waals surface area contributed by atoms with Gasteiger partial charge in [0, 0.05) is 6.07 Å². The highest BCUT2D eigenvalue weighted by molar-refractivity contribution is 6.43. The van der Waals surface area contributed by atoms with Crippen LogP contribution >= 0.6 is 46.4 Å². The van der Waals surface area contributed by atoms with Crippen LogP contribution in [0.4, 0.5) is 5.69 Å². The molecule has 0 fully saturated rings. The summed E-state index contributed by atoms with van der Waals surface area (Å²) in [6.45, 7) is 0. The van der Waals surface area contributed by atoms with Gasteiger partial charge in [0.05, 0.1) is 30.6 Å². The minimum atomic E-state index is -0.528. The molecule has 0 saturated carbocycles. The van der Waals surface area contributed by atoms with Crippen molar-refractivity contribution < 1.29 is 4.92 Å². The van der Waals surface area contributed by atoms with Gasteiger partial charge in [-0.3, -0.25) is 10.1 Å². The average molecular weight is 337 g/mol. The van der Waals surface area contributed by atoms with Crippen LogP contribution in [0.5, 0.6) is 0 Å². The predicted molar refractivity (Wildman–Crippen MR) is 78.6 cm³/mol. The van der Waals surface area contributed by atoms with Gasteiger partial charge in [-0.25, -0.2) is 0 Å². The molecular weight excluding hydrogens is 332 g/mol. The number of hydrogen-bond donors (Lipinski definition) is 0. The molecule has 98 valence electrons. The summed E-state index contributed by atoms with van der Waals surface area (Å²) < 4.78 is 0. The number of nitrogens with zero attached hydrogens (tertiary/aromatic N) is 1. The number of nitro groups is 1. The van der Waals surface area contributed by atoms with E-state index in [0.717, 1.165) is 0 Å². The van der Waals surface area contributed by atoms with Gasteiger partial charge in [0.25, 0.3) is 5.69 Å². The molecule has 0 spiro atoms. The predicted octanol–water partition coefficient (Wildman–Crippen LogP) is 5.88. The molecule has 0 amide bonds. The van der Waals surface area contributed by atoms with Gasteiger partial charge in [0.2, 0.25) is 0 Å². The van der Waals surface area contributed by atoms with Gasteiger partial charge in [-0.15, -0.1) is 0 Å². The molecule has 0 aliphatic heterocycles.